The summed E-state index contributed by atoms with van der Waals surface area (Å²) in [6, 6.07) is 48.4. The first kappa shape index (κ1) is 39.3. The average Bonchev–Trinajstić information content (AvgIpc) is 4.15. The van der Waals surface area contributed by atoms with Crippen LogP contribution in [0.5, 0.6) is 0 Å². The van der Waals surface area contributed by atoms with E-state index >= 15 is 0 Å². The molecule has 5 heterocycles. The Morgan fingerprint density at radius 1 is 0.705 bits per heavy atom. The SMILES string of the molecule is CNC(=O)C1=CCC(/C=C/c2c/c3[nH]/c2=C(/c2ccccc2)C2C=C/C(=C(\c4ccccc4)c4ccc([n-]4)/C(c4ccccc4)=C4/C=CC(=N4)\C=3c3ccccc3)N2)C=C1.[Cu+]. The van der Waals surface area contributed by atoms with Crippen LogP contribution in [0.4, 0.5) is 0 Å². The molecule has 4 aromatic carbocycles. The molecule has 10 rings (SSSR count). The summed E-state index contributed by atoms with van der Waals surface area (Å²) >= 11 is 0. The van der Waals surface area contributed by atoms with E-state index in [4.69, 9.17) is 9.98 Å². The van der Waals surface area contributed by atoms with E-state index in [-0.39, 0.29) is 34.9 Å². The van der Waals surface area contributed by atoms with Crippen molar-refractivity contribution in [3.05, 3.63) is 255 Å². The van der Waals surface area contributed by atoms with E-state index in [9.17, 15) is 4.79 Å². The van der Waals surface area contributed by atoms with Crippen molar-refractivity contribution in [1.82, 2.24) is 20.6 Å². The third kappa shape index (κ3) is 7.73. The zero-order valence-electron chi connectivity index (χ0n) is 33.4. The summed E-state index contributed by atoms with van der Waals surface area (Å²) in [6.07, 6.45) is 20.0. The molecular formula is C54H42CuN5O. The quantitative estimate of drug-likeness (QED) is 0.141. The number of rotatable bonds is 7. The number of carbonyl (C=O) groups excluding carboxylic acids is 1. The fourth-order valence-electron chi connectivity index (χ4n) is 8.56. The number of hydrogen-bond acceptors (Lipinski definition) is 3. The van der Waals surface area contributed by atoms with Gasteiger partial charge in [0, 0.05) is 40.4 Å². The predicted molar refractivity (Wildman–Crippen MR) is 244 cm³/mol. The molecule has 3 aliphatic heterocycles. The normalized spacial score (nSPS) is 22.1. The van der Waals surface area contributed by atoms with Crippen molar-refractivity contribution in [1.29, 1.82) is 0 Å². The monoisotopic (exact) mass is 839 g/mol. The van der Waals surface area contributed by atoms with E-state index in [1.165, 1.54) is 0 Å². The molecule has 6 nitrogen and oxygen atoms in total. The van der Waals surface area contributed by atoms with Gasteiger partial charge in [-0.3, -0.25) is 4.79 Å². The largest absolute Gasteiger partial charge is 1.00 e. The van der Waals surface area contributed by atoms with Crippen LogP contribution in [0.25, 0.3) is 28.4 Å². The summed E-state index contributed by atoms with van der Waals surface area (Å²) in [6.45, 7) is 0. The van der Waals surface area contributed by atoms with Crippen molar-refractivity contribution in [2.45, 2.75) is 12.5 Å². The maximum absolute atomic E-state index is 12.4. The summed E-state index contributed by atoms with van der Waals surface area (Å²) in [5, 5.41) is 8.68. The molecule has 2 atom stereocenters. The molecule has 0 saturated carbocycles. The summed E-state index contributed by atoms with van der Waals surface area (Å²) in [4.78, 5) is 27.2. The number of allylic oxidation sites excluding steroid dienone is 6. The average molecular weight is 841 g/mol. The fraction of sp³-hybridized carbons (Fsp3) is 0.0741. The molecular weight excluding hydrogens is 798 g/mol. The topological polar surface area (TPSA) is 83.4 Å². The first-order valence-corrected chi connectivity index (χ1v) is 20.4. The Labute approximate surface area is 366 Å². The van der Waals surface area contributed by atoms with E-state index in [1.54, 1.807) is 7.05 Å². The van der Waals surface area contributed by atoms with Crippen molar-refractivity contribution in [2.24, 2.45) is 10.9 Å². The van der Waals surface area contributed by atoms with Crippen LogP contribution in [0.15, 0.2) is 210 Å². The van der Waals surface area contributed by atoms with Crippen LogP contribution in [0.2, 0.25) is 0 Å². The number of aliphatic imine (C=N–C) groups is 1. The van der Waals surface area contributed by atoms with E-state index in [0.29, 0.717) is 5.57 Å². The van der Waals surface area contributed by atoms with Crippen molar-refractivity contribution < 1.29 is 21.9 Å². The molecule has 1 amide bonds. The van der Waals surface area contributed by atoms with Crippen molar-refractivity contribution in [3.63, 3.8) is 0 Å². The smallest absolute Gasteiger partial charge is 0.657 e. The van der Waals surface area contributed by atoms with Gasteiger partial charge >= 0.3 is 17.1 Å². The first-order valence-electron chi connectivity index (χ1n) is 20.4. The summed E-state index contributed by atoms with van der Waals surface area (Å²) in [5.74, 6) is 0.0605. The van der Waals surface area contributed by atoms with Crippen LogP contribution in [-0.2, 0) is 21.9 Å². The van der Waals surface area contributed by atoms with Gasteiger partial charge in [-0.1, -0.05) is 170 Å². The van der Waals surface area contributed by atoms with Gasteiger partial charge in [0.15, 0.2) is 0 Å². The Kier molecular flexibility index (Phi) is 11.1. The number of carbonyl (C=O) groups is 1. The number of H-pyrrole nitrogens is 1. The molecule has 0 radical (unpaired) electrons. The summed E-state index contributed by atoms with van der Waals surface area (Å²) in [5.41, 5.74) is 14.6. The van der Waals surface area contributed by atoms with Crippen molar-refractivity contribution in [2.75, 3.05) is 7.05 Å². The second-order valence-corrected chi connectivity index (χ2v) is 15.2. The number of aromatic amines is 1. The fourth-order valence-corrected chi connectivity index (χ4v) is 8.56. The second-order valence-electron chi connectivity index (χ2n) is 15.2. The Morgan fingerprint density at radius 2 is 1.31 bits per heavy atom. The molecule has 4 aliphatic rings. The van der Waals surface area contributed by atoms with Gasteiger partial charge in [-0.25, -0.2) is 4.99 Å². The van der Waals surface area contributed by atoms with Gasteiger partial charge in [0.05, 0.1) is 22.8 Å². The number of aromatic nitrogens is 2. The zero-order chi connectivity index (χ0) is 40.4. The van der Waals surface area contributed by atoms with Crippen LogP contribution in [0.1, 0.15) is 45.6 Å². The van der Waals surface area contributed by atoms with Crippen LogP contribution in [-0.4, -0.2) is 29.7 Å². The minimum Gasteiger partial charge on any atom is -0.657 e. The Morgan fingerprint density at radius 3 is 1.93 bits per heavy atom. The third-order valence-corrected chi connectivity index (χ3v) is 11.5. The molecule has 3 N–H and O–H groups in total. The Bertz CT molecular complexity index is 3010. The minimum absolute atomic E-state index is 0. The molecule has 2 unspecified atom stereocenters. The van der Waals surface area contributed by atoms with Crippen LogP contribution in [0.3, 0.4) is 0 Å². The number of amides is 1. The van der Waals surface area contributed by atoms with E-state index < -0.39 is 0 Å². The number of nitrogens with zero attached hydrogens (tertiary/aromatic N) is 2. The molecule has 7 heteroatoms. The van der Waals surface area contributed by atoms with Gasteiger partial charge < -0.3 is 20.6 Å². The van der Waals surface area contributed by atoms with E-state index in [0.717, 1.165) is 95.7 Å². The van der Waals surface area contributed by atoms with Crippen molar-refractivity contribution in [3.8, 4) is 0 Å². The second kappa shape index (κ2) is 17.2. The van der Waals surface area contributed by atoms with Gasteiger partial charge in [0.2, 0.25) is 0 Å². The molecule has 300 valence electrons. The van der Waals surface area contributed by atoms with Crippen LogP contribution >= 0.6 is 0 Å². The van der Waals surface area contributed by atoms with Gasteiger partial charge in [-0.05, 0) is 70.0 Å². The molecule has 6 aromatic rings. The molecule has 61 heavy (non-hydrogen) atoms. The first-order chi connectivity index (χ1) is 29.6. The molecule has 2 aromatic heterocycles. The maximum atomic E-state index is 12.4. The van der Waals surface area contributed by atoms with E-state index in [2.05, 4.69) is 186 Å². The van der Waals surface area contributed by atoms with Gasteiger partial charge in [-0.2, -0.15) is 0 Å². The maximum Gasteiger partial charge on any atom is 1.00 e. The van der Waals surface area contributed by atoms with Crippen LogP contribution < -0.4 is 26.3 Å². The minimum atomic E-state index is -0.176. The number of fused-ring (bicyclic) bond motifs is 7. The van der Waals surface area contributed by atoms with Gasteiger partial charge in [-0.15, -0.1) is 11.4 Å². The molecule has 0 saturated heterocycles. The summed E-state index contributed by atoms with van der Waals surface area (Å²) in [7, 11) is 1.67. The third-order valence-electron chi connectivity index (χ3n) is 11.5. The molecule has 1 aliphatic carbocycles. The Hall–Kier alpha value is -7.18. The number of hydrogen-bond donors (Lipinski definition) is 3. The van der Waals surface area contributed by atoms with Gasteiger partial charge in [0.25, 0.3) is 5.91 Å². The molecule has 0 fully saturated rings. The molecule has 8 bridgehead atoms. The van der Waals surface area contributed by atoms with Crippen molar-refractivity contribution >= 4 is 40.0 Å². The number of likely N-dealkylation sites (N-methyl/N-ethyl adjacent to an activating group) is 1. The Balaban J connectivity index is 0.00000476. The standard InChI is InChI=1S/C54H43N5O.Cu/c1-55-54(60)40-25-22-35(23-26-40)24-27-41-34-48-51(38-18-10-4-11-19-38)46-31-30-44(57-46)49(36-14-6-2-7-15-36)42-28-29-43(56-42)50(37-16-8-3-9-17-37)45-32-33-47(58-45)52(53(41)59-48)39-20-12-5-13-21-39;/h2-22,24-35,47H,23H2,1H3,(H4,55,56,57,58,59,60);/q;+1/p-1/b27-24+,53-52-;. The zero-order valence-corrected chi connectivity index (χ0v) is 34.4. The number of nitrogens with one attached hydrogen (secondary N) is 3. The predicted octanol–water partition coefficient (Wildman–Crippen LogP) is 8.40. The number of benzene rings is 4. The molecule has 0 spiro atoms. The van der Waals surface area contributed by atoms with Crippen LogP contribution in [0, 0.1) is 5.92 Å². The van der Waals surface area contributed by atoms with Gasteiger partial charge in [0.1, 0.15) is 0 Å². The summed E-state index contributed by atoms with van der Waals surface area (Å²) < 4.78 is 0. The van der Waals surface area contributed by atoms with E-state index in [1.807, 2.05) is 24.3 Å².